The van der Waals surface area contributed by atoms with Gasteiger partial charge in [0.2, 0.25) is 0 Å². The highest BCUT2D eigenvalue weighted by atomic mass is 35.5. The molecule has 0 bridgehead atoms. The lowest BCUT2D eigenvalue weighted by molar-refractivity contribution is 0.319. The second-order valence-corrected chi connectivity index (χ2v) is 7.42. The molecule has 0 N–H and O–H groups in total. The molecular formula is C16H19Cl3N2. The van der Waals surface area contributed by atoms with Crippen molar-refractivity contribution in [2.24, 2.45) is 5.92 Å². The molecule has 2 nitrogen and oxygen atoms in total. The van der Waals surface area contributed by atoms with Gasteiger partial charge in [-0.1, -0.05) is 42.5 Å². The third-order valence-electron chi connectivity index (χ3n) is 4.34. The number of hydrogen-bond acceptors (Lipinski definition) is 1. The van der Waals surface area contributed by atoms with Crippen molar-refractivity contribution in [3.8, 4) is 0 Å². The summed E-state index contributed by atoms with van der Waals surface area (Å²) in [5.74, 6) is 1.62. The van der Waals surface area contributed by atoms with Gasteiger partial charge in [-0.2, -0.15) is 0 Å². The van der Waals surface area contributed by atoms with Crippen LogP contribution in [0.25, 0.3) is 11.0 Å². The van der Waals surface area contributed by atoms with Crippen LogP contribution >= 0.6 is 34.8 Å². The number of fused-ring (bicyclic) bond motifs is 1. The molecule has 0 spiro atoms. The number of imidazole rings is 1. The fourth-order valence-corrected chi connectivity index (χ4v) is 3.74. The molecule has 2 aromatic rings. The Kier molecular flexibility index (Phi) is 4.68. The van der Waals surface area contributed by atoms with Gasteiger partial charge in [0.1, 0.15) is 5.82 Å². The largest absolute Gasteiger partial charge is 0.326 e. The van der Waals surface area contributed by atoms with Gasteiger partial charge in [-0.3, -0.25) is 0 Å². The van der Waals surface area contributed by atoms with Gasteiger partial charge in [-0.15, -0.1) is 11.6 Å². The van der Waals surface area contributed by atoms with Crippen molar-refractivity contribution in [2.75, 3.05) is 0 Å². The first-order valence-corrected chi connectivity index (χ1v) is 8.74. The Hall–Kier alpha value is -0.440. The molecule has 1 unspecified atom stereocenters. The lowest BCUT2D eigenvalue weighted by Crippen LogP contribution is -2.16. The number of hydrogen-bond donors (Lipinski definition) is 0. The molecule has 1 saturated carbocycles. The number of rotatable bonds is 3. The Balaban J connectivity index is 2.04. The minimum atomic E-state index is -0.126. The van der Waals surface area contributed by atoms with Gasteiger partial charge in [0.05, 0.1) is 26.5 Å². The van der Waals surface area contributed by atoms with Crippen LogP contribution in [-0.2, 0) is 6.54 Å². The minimum absolute atomic E-state index is 0.126. The van der Waals surface area contributed by atoms with Crippen molar-refractivity contribution in [2.45, 2.75) is 50.9 Å². The van der Waals surface area contributed by atoms with Crippen LogP contribution in [0.15, 0.2) is 12.1 Å². The van der Waals surface area contributed by atoms with Crippen LogP contribution in [0.3, 0.4) is 0 Å². The molecule has 1 heterocycles. The summed E-state index contributed by atoms with van der Waals surface area (Å²) in [4.78, 5) is 4.67. The van der Waals surface area contributed by atoms with Gasteiger partial charge >= 0.3 is 0 Å². The topological polar surface area (TPSA) is 17.8 Å². The zero-order valence-corrected chi connectivity index (χ0v) is 14.3. The van der Waals surface area contributed by atoms with E-state index in [1.807, 2.05) is 19.1 Å². The van der Waals surface area contributed by atoms with Crippen molar-refractivity contribution in [1.82, 2.24) is 9.55 Å². The van der Waals surface area contributed by atoms with E-state index < -0.39 is 0 Å². The SMILES string of the molecule is CC(Cl)c1nc2cc(Cl)c(Cl)cc2n1CC1CCCCC1. The van der Waals surface area contributed by atoms with Crippen LogP contribution < -0.4 is 0 Å². The lowest BCUT2D eigenvalue weighted by atomic mass is 9.89. The van der Waals surface area contributed by atoms with Crippen LogP contribution in [0.2, 0.25) is 10.0 Å². The minimum Gasteiger partial charge on any atom is -0.326 e. The van der Waals surface area contributed by atoms with Crippen LogP contribution in [0.4, 0.5) is 0 Å². The first-order chi connectivity index (χ1) is 10.1. The molecule has 0 amide bonds. The van der Waals surface area contributed by atoms with E-state index in [4.69, 9.17) is 34.8 Å². The van der Waals surface area contributed by atoms with Crippen molar-refractivity contribution in [3.05, 3.63) is 28.0 Å². The van der Waals surface area contributed by atoms with E-state index in [9.17, 15) is 0 Å². The lowest BCUT2D eigenvalue weighted by Gasteiger charge is -2.23. The fraction of sp³-hybridized carbons (Fsp3) is 0.562. The quantitative estimate of drug-likeness (QED) is 0.603. The van der Waals surface area contributed by atoms with Gasteiger partial charge in [-0.25, -0.2) is 4.98 Å². The molecule has 1 fully saturated rings. The van der Waals surface area contributed by atoms with Crippen LogP contribution in [-0.4, -0.2) is 9.55 Å². The standard InChI is InChI=1S/C16H19Cl3N2/c1-10(17)16-20-14-7-12(18)13(19)8-15(14)21(16)9-11-5-3-2-4-6-11/h7-8,10-11H,2-6,9H2,1H3. The zero-order chi connectivity index (χ0) is 15.0. The third-order valence-corrected chi connectivity index (χ3v) is 5.26. The maximum atomic E-state index is 6.33. The summed E-state index contributed by atoms with van der Waals surface area (Å²) in [5, 5.41) is 0.988. The molecule has 21 heavy (non-hydrogen) atoms. The van der Waals surface area contributed by atoms with E-state index >= 15 is 0 Å². The molecule has 0 aliphatic heterocycles. The molecule has 114 valence electrons. The summed E-state index contributed by atoms with van der Waals surface area (Å²) in [5.41, 5.74) is 1.92. The predicted molar refractivity (Wildman–Crippen MR) is 90.6 cm³/mol. The van der Waals surface area contributed by atoms with Crippen LogP contribution in [0, 0.1) is 5.92 Å². The zero-order valence-electron chi connectivity index (χ0n) is 12.1. The highest BCUT2D eigenvalue weighted by Gasteiger charge is 2.21. The van der Waals surface area contributed by atoms with E-state index in [1.54, 1.807) is 0 Å². The molecule has 0 radical (unpaired) electrons. The first-order valence-electron chi connectivity index (χ1n) is 7.55. The van der Waals surface area contributed by atoms with Gasteiger partial charge in [0, 0.05) is 6.54 Å². The number of aromatic nitrogens is 2. The van der Waals surface area contributed by atoms with E-state index in [2.05, 4.69) is 9.55 Å². The van der Waals surface area contributed by atoms with Crippen LogP contribution in [0.5, 0.6) is 0 Å². The van der Waals surface area contributed by atoms with Crippen molar-refractivity contribution in [1.29, 1.82) is 0 Å². The number of benzene rings is 1. The van der Waals surface area contributed by atoms with Gasteiger partial charge in [-0.05, 0) is 37.8 Å². The third kappa shape index (κ3) is 3.18. The number of alkyl halides is 1. The summed E-state index contributed by atoms with van der Waals surface area (Å²) in [6, 6.07) is 3.75. The van der Waals surface area contributed by atoms with E-state index in [0.29, 0.717) is 16.0 Å². The Morgan fingerprint density at radius 1 is 1.19 bits per heavy atom. The van der Waals surface area contributed by atoms with Crippen molar-refractivity contribution < 1.29 is 0 Å². The second-order valence-electron chi connectivity index (χ2n) is 5.96. The van der Waals surface area contributed by atoms with E-state index in [1.165, 1.54) is 32.1 Å². The summed E-state index contributed by atoms with van der Waals surface area (Å²) < 4.78 is 2.24. The summed E-state index contributed by atoms with van der Waals surface area (Å²) in [7, 11) is 0. The Morgan fingerprint density at radius 3 is 2.52 bits per heavy atom. The predicted octanol–water partition coefficient (Wildman–Crippen LogP) is 6.22. The van der Waals surface area contributed by atoms with E-state index in [-0.39, 0.29) is 5.38 Å². The molecule has 1 aromatic carbocycles. The maximum Gasteiger partial charge on any atom is 0.127 e. The molecule has 1 aliphatic carbocycles. The number of halogens is 3. The Bertz CT molecular complexity index is 642. The van der Waals surface area contributed by atoms with Gasteiger partial charge < -0.3 is 4.57 Å². The summed E-state index contributed by atoms with van der Waals surface area (Å²) >= 11 is 18.6. The maximum absolute atomic E-state index is 6.33. The molecular weight excluding hydrogens is 327 g/mol. The average molecular weight is 346 g/mol. The molecule has 0 saturated heterocycles. The fourth-order valence-electron chi connectivity index (χ4n) is 3.26. The highest BCUT2D eigenvalue weighted by Crippen LogP contribution is 2.33. The smallest absolute Gasteiger partial charge is 0.127 e. The summed E-state index contributed by atoms with van der Waals surface area (Å²) in [6.45, 7) is 2.93. The van der Waals surface area contributed by atoms with Crippen molar-refractivity contribution in [3.63, 3.8) is 0 Å². The average Bonchev–Trinajstić information content (AvgIpc) is 2.79. The normalized spacial score (nSPS) is 18.3. The van der Waals surface area contributed by atoms with Gasteiger partial charge in [0.15, 0.2) is 0 Å². The molecule has 5 heteroatoms. The number of nitrogens with zero attached hydrogens (tertiary/aromatic N) is 2. The first kappa shape index (κ1) is 15.5. The second kappa shape index (κ2) is 6.36. The van der Waals surface area contributed by atoms with Gasteiger partial charge in [0.25, 0.3) is 0 Å². The van der Waals surface area contributed by atoms with E-state index in [0.717, 1.165) is 23.4 Å². The summed E-state index contributed by atoms with van der Waals surface area (Å²) in [6.07, 6.45) is 6.60. The van der Waals surface area contributed by atoms with Crippen molar-refractivity contribution >= 4 is 45.8 Å². The Morgan fingerprint density at radius 2 is 1.86 bits per heavy atom. The monoisotopic (exact) mass is 344 g/mol. The molecule has 1 aromatic heterocycles. The highest BCUT2D eigenvalue weighted by molar-refractivity contribution is 6.42. The Labute approximate surface area is 140 Å². The molecule has 3 rings (SSSR count). The molecule has 1 atom stereocenters. The molecule has 1 aliphatic rings. The van der Waals surface area contributed by atoms with Crippen LogP contribution in [0.1, 0.15) is 50.2 Å².